The van der Waals surface area contributed by atoms with Crippen molar-refractivity contribution in [3.05, 3.63) is 53.6 Å². The standard InChI is InChI=1S/C18H17NO/c1-12-4-6-16-14(9-12)11-17-15-5-3-13(2)10-18(15)20-8-7-19(16)17/h3-6,9-11H,7-8H2,1-2H3. The van der Waals surface area contributed by atoms with E-state index in [4.69, 9.17) is 4.74 Å². The molecule has 0 saturated heterocycles. The number of aryl methyl sites for hydroxylation is 2. The zero-order chi connectivity index (χ0) is 13.7. The lowest BCUT2D eigenvalue weighted by atomic mass is 10.1. The third kappa shape index (κ3) is 1.64. The van der Waals surface area contributed by atoms with Crippen LogP contribution in [0.15, 0.2) is 42.5 Å². The average Bonchev–Trinajstić information content (AvgIpc) is 2.67. The number of hydrogen-bond donors (Lipinski definition) is 0. The Kier molecular flexibility index (Phi) is 2.40. The molecule has 4 rings (SSSR count). The summed E-state index contributed by atoms with van der Waals surface area (Å²) in [5.41, 5.74) is 6.30. The third-order valence-corrected chi connectivity index (χ3v) is 4.04. The number of fused-ring (bicyclic) bond motifs is 5. The highest BCUT2D eigenvalue weighted by molar-refractivity contribution is 5.89. The fourth-order valence-electron chi connectivity index (χ4n) is 3.06. The van der Waals surface area contributed by atoms with Crippen molar-refractivity contribution in [2.45, 2.75) is 20.4 Å². The SMILES string of the molecule is Cc1ccc2c(c1)OCCn1c-2cc2cc(C)ccc21. The Morgan fingerprint density at radius 3 is 2.65 bits per heavy atom. The summed E-state index contributed by atoms with van der Waals surface area (Å²) < 4.78 is 8.29. The molecule has 0 unspecified atom stereocenters. The molecule has 0 radical (unpaired) electrons. The summed E-state index contributed by atoms with van der Waals surface area (Å²) in [5.74, 6) is 1.00. The van der Waals surface area contributed by atoms with E-state index in [9.17, 15) is 0 Å². The van der Waals surface area contributed by atoms with Crippen molar-refractivity contribution in [1.29, 1.82) is 0 Å². The van der Waals surface area contributed by atoms with Gasteiger partial charge in [0.15, 0.2) is 0 Å². The monoisotopic (exact) mass is 263 g/mol. The molecule has 2 heterocycles. The summed E-state index contributed by atoms with van der Waals surface area (Å²) in [4.78, 5) is 0. The van der Waals surface area contributed by atoms with Crippen LogP contribution in [0.4, 0.5) is 0 Å². The summed E-state index contributed by atoms with van der Waals surface area (Å²) in [6.45, 7) is 5.87. The van der Waals surface area contributed by atoms with Crippen LogP contribution in [0.2, 0.25) is 0 Å². The Hall–Kier alpha value is -2.22. The maximum atomic E-state index is 5.92. The van der Waals surface area contributed by atoms with Crippen molar-refractivity contribution in [3.63, 3.8) is 0 Å². The quantitative estimate of drug-likeness (QED) is 0.589. The van der Waals surface area contributed by atoms with Gasteiger partial charge in [0.1, 0.15) is 12.4 Å². The molecular weight excluding hydrogens is 246 g/mol. The van der Waals surface area contributed by atoms with Gasteiger partial charge in [0, 0.05) is 16.5 Å². The highest BCUT2D eigenvalue weighted by Crippen LogP contribution is 2.37. The molecule has 0 spiro atoms. The van der Waals surface area contributed by atoms with Gasteiger partial charge < -0.3 is 9.30 Å². The van der Waals surface area contributed by atoms with Gasteiger partial charge in [-0.15, -0.1) is 0 Å². The van der Waals surface area contributed by atoms with E-state index in [0.29, 0.717) is 0 Å². The molecule has 0 aliphatic carbocycles. The molecule has 100 valence electrons. The number of rotatable bonds is 0. The molecular formula is C18H17NO. The van der Waals surface area contributed by atoms with Gasteiger partial charge in [-0.2, -0.15) is 0 Å². The van der Waals surface area contributed by atoms with Gasteiger partial charge >= 0.3 is 0 Å². The van der Waals surface area contributed by atoms with E-state index >= 15 is 0 Å². The van der Waals surface area contributed by atoms with Gasteiger partial charge in [-0.3, -0.25) is 0 Å². The van der Waals surface area contributed by atoms with Crippen molar-refractivity contribution in [3.8, 4) is 17.0 Å². The van der Waals surface area contributed by atoms with E-state index < -0.39 is 0 Å². The molecule has 2 nitrogen and oxygen atoms in total. The number of aromatic nitrogens is 1. The van der Waals surface area contributed by atoms with E-state index in [-0.39, 0.29) is 0 Å². The maximum absolute atomic E-state index is 5.92. The molecule has 2 heteroatoms. The molecule has 3 aromatic rings. The fraction of sp³-hybridized carbons (Fsp3) is 0.222. The van der Waals surface area contributed by atoms with E-state index in [1.807, 2.05) is 0 Å². The molecule has 2 aromatic carbocycles. The van der Waals surface area contributed by atoms with Crippen molar-refractivity contribution in [2.24, 2.45) is 0 Å². The normalized spacial score (nSPS) is 13.5. The Morgan fingerprint density at radius 1 is 0.950 bits per heavy atom. The van der Waals surface area contributed by atoms with Crippen LogP contribution in [0.5, 0.6) is 5.75 Å². The summed E-state index contributed by atoms with van der Waals surface area (Å²) in [7, 11) is 0. The maximum Gasteiger partial charge on any atom is 0.128 e. The second kappa shape index (κ2) is 4.14. The van der Waals surface area contributed by atoms with Crippen LogP contribution >= 0.6 is 0 Å². The van der Waals surface area contributed by atoms with E-state index in [0.717, 1.165) is 18.9 Å². The zero-order valence-electron chi connectivity index (χ0n) is 11.8. The lowest BCUT2D eigenvalue weighted by Crippen LogP contribution is -2.05. The van der Waals surface area contributed by atoms with Gasteiger partial charge in [0.2, 0.25) is 0 Å². The number of benzene rings is 2. The topological polar surface area (TPSA) is 14.2 Å². The third-order valence-electron chi connectivity index (χ3n) is 4.04. The minimum absolute atomic E-state index is 0.723. The number of ether oxygens (including phenoxy) is 1. The molecule has 1 aromatic heterocycles. The first-order valence-corrected chi connectivity index (χ1v) is 7.06. The summed E-state index contributed by atoms with van der Waals surface area (Å²) >= 11 is 0. The molecule has 1 aliphatic heterocycles. The van der Waals surface area contributed by atoms with Gasteiger partial charge in [-0.1, -0.05) is 17.7 Å². The molecule has 0 bridgehead atoms. The summed E-state index contributed by atoms with van der Waals surface area (Å²) in [5, 5.41) is 1.31. The summed E-state index contributed by atoms with van der Waals surface area (Å²) in [6, 6.07) is 15.4. The molecule has 0 atom stereocenters. The van der Waals surface area contributed by atoms with E-state index in [1.54, 1.807) is 0 Å². The van der Waals surface area contributed by atoms with Crippen LogP contribution in [0, 0.1) is 13.8 Å². The Bertz CT molecular complexity index is 814. The largest absolute Gasteiger partial charge is 0.491 e. The van der Waals surface area contributed by atoms with Crippen molar-refractivity contribution >= 4 is 10.9 Å². The van der Waals surface area contributed by atoms with Crippen LogP contribution in [-0.2, 0) is 6.54 Å². The van der Waals surface area contributed by atoms with Crippen LogP contribution in [0.3, 0.4) is 0 Å². The van der Waals surface area contributed by atoms with E-state index in [2.05, 4.69) is 60.9 Å². The minimum atomic E-state index is 0.723. The molecule has 0 fully saturated rings. The average molecular weight is 263 g/mol. The minimum Gasteiger partial charge on any atom is -0.491 e. The van der Waals surface area contributed by atoms with E-state index in [1.165, 1.54) is 33.3 Å². The molecule has 0 N–H and O–H groups in total. The highest BCUT2D eigenvalue weighted by Gasteiger charge is 2.17. The van der Waals surface area contributed by atoms with Crippen LogP contribution in [-0.4, -0.2) is 11.2 Å². The first-order valence-electron chi connectivity index (χ1n) is 7.06. The zero-order valence-corrected chi connectivity index (χ0v) is 11.8. The Balaban J connectivity index is 2.04. The highest BCUT2D eigenvalue weighted by atomic mass is 16.5. The van der Waals surface area contributed by atoms with Crippen LogP contribution < -0.4 is 4.74 Å². The van der Waals surface area contributed by atoms with Crippen LogP contribution in [0.25, 0.3) is 22.2 Å². The molecule has 0 amide bonds. The van der Waals surface area contributed by atoms with Crippen molar-refractivity contribution in [1.82, 2.24) is 4.57 Å². The molecule has 0 saturated carbocycles. The smallest absolute Gasteiger partial charge is 0.128 e. The van der Waals surface area contributed by atoms with Crippen molar-refractivity contribution in [2.75, 3.05) is 6.61 Å². The predicted octanol–water partition coefficient (Wildman–Crippen LogP) is 4.32. The Labute approximate surface area is 118 Å². The van der Waals surface area contributed by atoms with Crippen LogP contribution in [0.1, 0.15) is 11.1 Å². The second-order valence-corrected chi connectivity index (χ2v) is 5.59. The predicted molar refractivity (Wildman–Crippen MR) is 82.3 cm³/mol. The number of nitrogens with zero attached hydrogens (tertiary/aromatic N) is 1. The second-order valence-electron chi connectivity index (χ2n) is 5.59. The molecule has 20 heavy (non-hydrogen) atoms. The van der Waals surface area contributed by atoms with Gasteiger partial charge in [-0.25, -0.2) is 0 Å². The lowest BCUT2D eigenvalue weighted by molar-refractivity contribution is 0.308. The lowest BCUT2D eigenvalue weighted by Gasteiger charge is -2.07. The first kappa shape index (κ1) is 11.6. The fourth-order valence-corrected chi connectivity index (χ4v) is 3.06. The van der Waals surface area contributed by atoms with Gasteiger partial charge in [-0.05, 0) is 49.7 Å². The number of hydrogen-bond acceptors (Lipinski definition) is 1. The summed E-state index contributed by atoms with van der Waals surface area (Å²) in [6.07, 6.45) is 0. The van der Waals surface area contributed by atoms with Crippen molar-refractivity contribution < 1.29 is 4.74 Å². The van der Waals surface area contributed by atoms with Gasteiger partial charge in [0.25, 0.3) is 0 Å². The Morgan fingerprint density at radius 2 is 1.75 bits per heavy atom. The van der Waals surface area contributed by atoms with Gasteiger partial charge in [0.05, 0.1) is 12.2 Å². The first-order chi connectivity index (χ1) is 9.72. The molecule has 1 aliphatic rings.